The van der Waals surface area contributed by atoms with E-state index < -0.39 is 0 Å². The van der Waals surface area contributed by atoms with E-state index >= 15 is 0 Å². The molecule has 1 fully saturated rings. The van der Waals surface area contributed by atoms with Gasteiger partial charge in [0.1, 0.15) is 0 Å². The minimum absolute atomic E-state index is 0.0600. The Bertz CT molecular complexity index is 589. The minimum atomic E-state index is 0.0600. The van der Waals surface area contributed by atoms with E-state index in [-0.39, 0.29) is 17.9 Å². The van der Waals surface area contributed by atoms with Crippen LogP contribution in [-0.2, 0) is 17.6 Å². The number of hydrogen-bond donors (Lipinski definition) is 1. The topological polar surface area (TPSA) is 52.7 Å². The summed E-state index contributed by atoms with van der Waals surface area (Å²) in [6, 6.07) is 2.25. The lowest BCUT2D eigenvalue weighted by Gasteiger charge is -2.34. The number of rotatable bonds is 7. The Labute approximate surface area is 155 Å². The van der Waals surface area contributed by atoms with Crippen LogP contribution in [0.15, 0.2) is 6.07 Å². The average molecular weight is 366 g/mol. The summed E-state index contributed by atoms with van der Waals surface area (Å²) < 4.78 is 0. The zero-order chi connectivity index (χ0) is 18.4. The molecule has 140 valence electrons. The molecule has 5 nitrogen and oxygen atoms in total. The van der Waals surface area contributed by atoms with Crippen LogP contribution in [0.5, 0.6) is 0 Å². The van der Waals surface area contributed by atoms with Crippen molar-refractivity contribution in [2.24, 2.45) is 0 Å². The van der Waals surface area contributed by atoms with E-state index in [0.717, 1.165) is 37.2 Å². The third kappa shape index (κ3) is 5.54. The van der Waals surface area contributed by atoms with Gasteiger partial charge in [0.2, 0.25) is 5.91 Å². The lowest BCUT2D eigenvalue weighted by molar-refractivity contribution is -0.123. The van der Waals surface area contributed by atoms with Crippen molar-refractivity contribution in [1.82, 2.24) is 15.1 Å². The summed E-state index contributed by atoms with van der Waals surface area (Å²) in [4.78, 5) is 30.9. The highest BCUT2D eigenvalue weighted by atomic mass is 32.1. The Balaban J connectivity index is 1.90. The number of carbonyl (C=O) groups is 2. The van der Waals surface area contributed by atoms with E-state index in [1.807, 2.05) is 18.7 Å². The van der Waals surface area contributed by atoms with Crippen LogP contribution in [-0.4, -0.2) is 60.4 Å². The molecule has 1 aromatic heterocycles. The average Bonchev–Trinajstić information content (AvgIpc) is 2.97. The van der Waals surface area contributed by atoms with Crippen LogP contribution < -0.4 is 5.32 Å². The van der Waals surface area contributed by atoms with E-state index in [2.05, 4.69) is 30.1 Å². The normalized spacial score (nSPS) is 15.6. The second-order valence-corrected chi connectivity index (χ2v) is 8.09. The number of hydrogen-bond acceptors (Lipinski definition) is 4. The summed E-state index contributed by atoms with van der Waals surface area (Å²) in [5, 5.41) is 2.92. The molecule has 0 aromatic carbocycles. The molecule has 0 aliphatic carbocycles. The SMILES string of the molecule is CCCc1sc(C(=O)N2CCN(CC(=O)NC(C)C)CC2)cc1CC. The summed E-state index contributed by atoms with van der Waals surface area (Å²) in [6.07, 6.45) is 3.15. The number of thiophene rings is 1. The van der Waals surface area contributed by atoms with Crippen molar-refractivity contribution >= 4 is 23.2 Å². The fourth-order valence-corrected chi connectivity index (χ4v) is 4.47. The molecule has 1 aromatic rings. The molecule has 1 aliphatic heterocycles. The number of piperazine rings is 1. The standard InChI is InChI=1S/C19H31N3O2S/c1-5-7-16-15(6-2)12-17(25-16)19(24)22-10-8-21(9-11-22)13-18(23)20-14(3)4/h12,14H,5-11,13H2,1-4H3,(H,20,23). The number of amides is 2. The molecule has 0 radical (unpaired) electrons. The molecular formula is C19H31N3O2S. The van der Waals surface area contributed by atoms with Gasteiger partial charge in [-0.05, 0) is 38.3 Å². The van der Waals surface area contributed by atoms with Crippen LogP contribution in [0.2, 0.25) is 0 Å². The van der Waals surface area contributed by atoms with Crippen LogP contribution in [0.25, 0.3) is 0 Å². The monoisotopic (exact) mass is 365 g/mol. The first-order valence-electron chi connectivity index (χ1n) is 9.37. The van der Waals surface area contributed by atoms with Crippen molar-refractivity contribution < 1.29 is 9.59 Å². The summed E-state index contributed by atoms with van der Waals surface area (Å²) >= 11 is 1.66. The Morgan fingerprint density at radius 1 is 1.20 bits per heavy atom. The fourth-order valence-electron chi connectivity index (χ4n) is 3.15. The first-order valence-corrected chi connectivity index (χ1v) is 10.2. The molecule has 0 saturated carbocycles. The van der Waals surface area contributed by atoms with Gasteiger partial charge < -0.3 is 10.2 Å². The molecule has 1 N–H and O–H groups in total. The first kappa shape index (κ1) is 19.9. The van der Waals surface area contributed by atoms with Crippen LogP contribution >= 0.6 is 11.3 Å². The van der Waals surface area contributed by atoms with Crippen molar-refractivity contribution in [3.8, 4) is 0 Å². The molecule has 0 spiro atoms. The second-order valence-electron chi connectivity index (χ2n) is 6.95. The quantitative estimate of drug-likeness (QED) is 0.808. The highest BCUT2D eigenvalue weighted by molar-refractivity contribution is 7.14. The van der Waals surface area contributed by atoms with Crippen LogP contribution in [0.1, 0.15) is 54.2 Å². The third-order valence-corrected chi connectivity index (χ3v) is 5.67. The molecule has 2 heterocycles. The minimum Gasteiger partial charge on any atom is -0.353 e. The summed E-state index contributed by atoms with van der Waals surface area (Å²) in [7, 11) is 0. The molecule has 0 bridgehead atoms. The van der Waals surface area contributed by atoms with E-state index in [9.17, 15) is 9.59 Å². The van der Waals surface area contributed by atoms with Crippen LogP contribution in [0, 0.1) is 0 Å². The van der Waals surface area contributed by atoms with Gasteiger partial charge in [-0.2, -0.15) is 0 Å². The maximum Gasteiger partial charge on any atom is 0.264 e. The van der Waals surface area contributed by atoms with E-state index in [1.165, 1.54) is 10.4 Å². The van der Waals surface area contributed by atoms with Gasteiger partial charge in [0.15, 0.2) is 0 Å². The molecule has 1 saturated heterocycles. The fraction of sp³-hybridized carbons (Fsp3) is 0.684. The van der Waals surface area contributed by atoms with E-state index in [4.69, 9.17) is 0 Å². The second kappa shape index (κ2) is 9.34. The maximum atomic E-state index is 12.8. The maximum absolute atomic E-state index is 12.8. The largest absolute Gasteiger partial charge is 0.353 e. The van der Waals surface area contributed by atoms with Gasteiger partial charge in [-0.25, -0.2) is 0 Å². The van der Waals surface area contributed by atoms with Crippen molar-refractivity contribution in [2.75, 3.05) is 32.7 Å². The number of nitrogens with zero attached hydrogens (tertiary/aromatic N) is 2. The van der Waals surface area contributed by atoms with Gasteiger partial charge in [-0.1, -0.05) is 20.3 Å². The highest BCUT2D eigenvalue weighted by Gasteiger charge is 2.25. The molecule has 2 rings (SSSR count). The van der Waals surface area contributed by atoms with Crippen molar-refractivity contribution in [3.05, 3.63) is 21.4 Å². The number of carbonyl (C=O) groups excluding carboxylic acids is 2. The van der Waals surface area contributed by atoms with Gasteiger partial charge >= 0.3 is 0 Å². The lowest BCUT2D eigenvalue weighted by atomic mass is 10.1. The summed E-state index contributed by atoms with van der Waals surface area (Å²) in [5.41, 5.74) is 1.32. The summed E-state index contributed by atoms with van der Waals surface area (Å²) in [5.74, 6) is 0.207. The predicted octanol–water partition coefficient (Wildman–Crippen LogP) is 2.55. The Morgan fingerprint density at radius 3 is 2.44 bits per heavy atom. The van der Waals surface area contributed by atoms with E-state index in [1.54, 1.807) is 11.3 Å². The smallest absolute Gasteiger partial charge is 0.264 e. The molecule has 2 amide bonds. The van der Waals surface area contributed by atoms with Gasteiger partial charge in [0, 0.05) is 37.1 Å². The van der Waals surface area contributed by atoms with Gasteiger partial charge in [0.25, 0.3) is 5.91 Å². The van der Waals surface area contributed by atoms with Crippen molar-refractivity contribution in [3.63, 3.8) is 0 Å². The lowest BCUT2D eigenvalue weighted by Crippen LogP contribution is -2.51. The molecule has 25 heavy (non-hydrogen) atoms. The predicted molar refractivity (Wildman–Crippen MR) is 103 cm³/mol. The Morgan fingerprint density at radius 2 is 1.88 bits per heavy atom. The van der Waals surface area contributed by atoms with Gasteiger partial charge in [-0.15, -0.1) is 11.3 Å². The molecule has 6 heteroatoms. The first-order chi connectivity index (χ1) is 11.9. The van der Waals surface area contributed by atoms with E-state index in [0.29, 0.717) is 19.6 Å². The summed E-state index contributed by atoms with van der Waals surface area (Å²) in [6.45, 7) is 11.6. The molecule has 0 atom stereocenters. The molecular weight excluding hydrogens is 334 g/mol. The number of nitrogens with one attached hydrogen (secondary N) is 1. The van der Waals surface area contributed by atoms with Crippen LogP contribution in [0.3, 0.4) is 0 Å². The van der Waals surface area contributed by atoms with Crippen molar-refractivity contribution in [2.45, 2.75) is 53.0 Å². The molecule has 1 aliphatic rings. The third-order valence-electron chi connectivity index (χ3n) is 4.44. The zero-order valence-electron chi connectivity index (χ0n) is 15.9. The Kier molecular flexibility index (Phi) is 7.44. The van der Waals surface area contributed by atoms with Crippen molar-refractivity contribution in [1.29, 1.82) is 0 Å². The molecule has 0 unspecified atom stereocenters. The van der Waals surface area contributed by atoms with Crippen LogP contribution in [0.4, 0.5) is 0 Å². The highest BCUT2D eigenvalue weighted by Crippen LogP contribution is 2.26. The Hall–Kier alpha value is -1.40. The zero-order valence-corrected chi connectivity index (χ0v) is 16.7. The van der Waals surface area contributed by atoms with Gasteiger partial charge in [-0.3, -0.25) is 14.5 Å². The number of aryl methyl sites for hydroxylation is 2. The van der Waals surface area contributed by atoms with Gasteiger partial charge in [0.05, 0.1) is 11.4 Å².